The minimum absolute atomic E-state index is 0.124. The third-order valence-electron chi connectivity index (χ3n) is 6.39. The molecule has 0 saturated carbocycles. The lowest BCUT2D eigenvalue weighted by atomic mass is 10.0. The number of aromatic nitrogens is 2. The second kappa shape index (κ2) is 16.2. The highest BCUT2D eigenvalue weighted by Crippen LogP contribution is 2.09. The van der Waals surface area contributed by atoms with Crippen LogP contribution in [0.2, 0.25) is 0 Å². The average Bonchev–Trinajstić information content (AvgIpc) is 3.48. The maximum absolute atomic E-state index is 13.6. The van der Waals surface area contributed by atoms with E-state index in [9.17, 15) is 24.3 Å². The summed E-state index contributed by atoms with van der Waals surface area (Å²) in [5.74, 6) is -2.38. The zero-order chi connectivity index (χ0) is 29.6. The normalized spacial score (nSPS) is 13.8. The van der Waals surface area contributed by atoms with Crippen molar-refractivity contribution in [3.8, 4) is 0 Å². The Labute approximate surface area is 243 Å². The van der Waals surface area contributed by atoms with Crippen molar-refractivity contribution < 1.29 is 24.3 Å². The van der Waals surface area contributed by atoms with Gasteiger partial charge in [0.05, 0.1) is 12.4 Å². The first-order chi connectivity index (χ1) is 19.8. The van der Waals surface area contributed by atoms with Gasteiger partial charge in [-0.25, -0.2) is 9.78 Å². The number of nitrogens with zero attached hydrogens (tertiary/aromatic N) is 1. The Hall–Kier alpha value is -4.16. The molecule has 0 spiro atoms. The number of rotatable bonds is 16. The van der Waals surface area contributed by atoms with Gasteiger partial charge in [-0.05, 0) is 29.6 Å². The van der Waals surface area contributed by atoms with Gasteiger partial charge in [0.1, 0.15) is 18.1 Å². The van der Waals surface area contributed by atoms with Gasteiger partial charge in [0, 0.05) is 31.2 Å². The number of aliphatic carboxylic acids is 1. The number of hydrogen-bond donors (Lipinski definition) is 6. The molecular formula is C29H36N6O5S. The third-order valence-corrected chi connectivity index (χ3v) is 7.03. The van der Waals surface area contributed by atoms with Crippen LogP contribution in [0.5, 0.6) is 0 Å². The van der Waals surface area contributed by atoms with Crippen molar-refractivity contribution in [1.29, 1.82) is 0 Å². The van der Waals surface area contributed by atoms with E-state index in [0.29, 0.717) is 11.4 Å². The van der Waals surface area contributed by atoms with E-state index < -0.39 is 47.9 Å². The van der Waals surface area contributed by atoms with Gasteiger partial charge < -0.3 is 31.8 Å². The Morgan fingerprint density at radius 1 is 0.829 bits per heavy atom. The summed E-state index contributed by atoms with van der Waals surface area (Å²) in [5.41, 5.74) is 8.35. The molecule has 4 atom stereocenters. The van der Waals surface area contributed by atoms with Crippen LogP contribution in [0, 0.1) is 0 Å². The number of benzene rings is 2. The SMILES string of the molecule is CSCCC(NC(=O)C(Cc1ccccc1)NC(=O)C(Cc1ccccc1)NC(=O)C(N)Cc1cnc[nH]1)C(=O)O. The molecule has 3 rings (SSSR count). The third kappa shape index (κ3) is 10.4. The first-order valence-corrected chi connectivity index (χ1v) is 14.6. The average molecular weight is 581 g/mol. The van der Waals surface area contributed by atoms with Crippen molar-refractivity contribution in [2.24, 2.45) is 5.73 Å². The fraction of sp³-hybridized carbons (Fsp3) is 0.345. The number of hydrogen-bond acceptors (Lipinski definition) is 7. The first-order valence-electron chi connectivity index (χ1n) is 13.2. The second-order valence-electron chi connectivity index (χ2n) is 9.57. The molecular weight excluding hydrogens is 544 g/mol. The number of aromatic amines is 1. The maximum atomic E-state index is 13.6. The van der Waals surface area contributed by atoms with Crippen LogP contribution in [0.25, 0.3) is 0 Å². The van der Waals surface area contributed by atoms with Crippen molar-refractivity contribution in [1.82, 2.24) is 25.9 Å². The predicted molar refractivity (Wildman–Crippen MR) is 157 cm³/mol. The number of nitrogens with two attached hydrogens (primary N) is 1. The maximum Gasteiger partial charge on any atom is 0.326 e. The van der Waals surface area contributed by atoms with Gasteiger partial charge in [0.25, 0.3) is 0 Å². The van der Waals surface area contributed by atoms with Crippen LogP contribution < -0.4 is 21.7 Å². The number of amides is 3. The molecule has 0 fully saturated rings. The molecule has 4 unspecified atom stereocenters. The Kier molecular flexibility index (Phi) is 12.4. The van der Waals surface area contributed by atoms with Gasteiger partial charge in [0.2, 0.25) is 17.7 Å². The Morgan fingerprint density at radius 2 is 1.34 bits per heavy atom. The molecule has 11 nitrogen and oxygen atoms in total. The lowest BCUT2D eigenvalue weighted by molar-refractivity contribution is -0.142. The van der Waals surface area contributed by atoms with Crippen molar-refractivity contribution in [2.45, 2.75) is 49.9 Å². The zero-order valence-corrected chi connectivity index (χ0v) is 23.6. The summed E-state index contributed by atoms with van der Waals surface area (Å²) in [5, 5.41) is 17.7. The van der Waals surface area contributed by atoms with Gasteiger partial charge >= 0.3 is 5.97 Å². The molecule has 0 aliphatic heterocycles. The summed E-state index contributed by atoms with van der Waals surface area (Å²) < 4.78 is 0. The van der Waals surface area contributed by atoms with E-state index in [-0.39, 0.29) is 25.7 Å². The second-order valence-corrected chi connectivity index (χ2v) is 10.6. The number of H-pyrrole nitrogens is 1. The van der Waals surface area contributed by atoms with Crippen molar-refractivity contribution in [3.05, 3.63) is 90.0 Å². The molecule has 3 aromatic rings. The van der Waals surface area contributed by atoms with E-state index in [1.165, 1.54) is 18.1 Å². The molecule has 1 aromatic heterocycles. The zero-order valence-electron chi connectivity index (χ0n) is 22.8. The molecule has 1 heterocycles. The van der Waals surface area contributed by atoms with E-state index in [1.54, 1.807) is 6.20 Å². The molecule has 41 heavy (non-hydrogen) atoms. The number of thioether (sulfide) groups is 1. The molecule has 7 N–H and O–H groups in total. The Bertz CT molecular complexity index is 1260. The van der Waals surface area contributed by atoms with Gasteiger partial charge in [0.15, 0.2) is 0 Å². The Morgan fingerprint density at radius 3 is 1.80 bits per heavy atom. The summed E-state index contributed by atoms with van der Waals surface area (Å²) in [7, 11) is 0. The smallest absolute Gasteiger partial charge is 0.326 e. The lowest BCUT2D eigenvalue weighted by Gasteiger charge is -2.25. The lowest BCUT2D eigenvalue weighted by Crippen LogP contribution is -2.58. The molecule has 218 valence electrons. The molecule has 3 amide bonds. The fourth-order valence-electron chi connectivity index (χ4n) is 4.16. The summed E-state index contributed by atoms with van der Waals surface area (Å²) in [4.78, 5) is 58.6. The monoisotopic (exact) mass is 580 g/mol. The molecule has 0 aliphatic rings. The van der Waals surface area contributed by atoms with E-state index in [1.807, 2.05) is 66.9 Å². The molecule has 0 aliphatic carbocycles. The number of nitrogens with one attached hydrogen (secondary N) is 4. The fourth-order valence-corrected chi connectivity index (χ4v) is 4.63. The molecule has 0 bridgehead atoms. The van der Waals surface area contributed by atoms with Gasteiger partial charge in [-0.3, -0.25) is 14.4 Å². The van der Waals surface area contributed by atoms with Gasteiger partial charge in [-0.2, -0.15) is 11.8 Å². The summed E-state index contributed by atoms with van der Waals surface area (Å²) >= 11 is 1.47. The Balaban J connectivity index is 1.80. The highest BCUT2D eigenvalue weighted by molar-refractivity contribution is 7.98. The van der Waals surface area contributed by atoms with Crippen LogP contribution in [-0.2, 0) is 38.4 Å². The van der Waals surface area contributed by atoms with Crippen molar-refractivity contribution in [3.63, 3.8) is 0 Å². The number of imidazole rings is 1. The van der Waals surface area contributed by atoms with Gasteiger partial charge in [-0.15, -0.1) is 0 Å². The van der Waals surface area contributed by atoms with Crippen LogP contribution in [0.4, 0.5) is 0 Å². The summed E-state index contributed by atoms with van der Waals surface area (Å²) in [6.07, 6.45) is 5.60. The van der Waals surface area contributed by atoms with Gasteiger partial charge in [-0.1, -0.05) is 60.7 Å². The van der Waals surface area contributed by atoms with Crippen molar-refractivity contribution in [2.75, 3.05) is 12.0 Å². The number of carbonyl (C=O) groups excluding carboxylic acids is 3. The largest absolute Gasteiger partial charge is 0.480 e. The standard InChI is InChI=1S/C29H36N6O5S/c1-41-13-12-23(29(39)40)33-27(37)25(15-20-10-6-3-7-11-20)35-28(38)24(14-19-8-4-2-5-9-19)34-26(36)22(30)16-21-17-31-18-32-21/h2-11,17-18,22-25H,12-16,30H2,1H3,(H,31,32)(H,33,37)(H,34,36)(H,35,38)(H,39,40). The van der Waals surface area contributed by atoms with Crippen LogP contribution in [0.1, 0.15) is 23.2 Å². The van der Waals surface area contributed by atoms with Crippen LogP contribution >= 0.6 is 11.8 Å². The molecule has 2 aromatic carbocycles. The highest BCUT2D eigenvalue weighted by atomic mass is 32.2. The minimum atomic E-state index is -1.15. The van der Waals surface area contributed by atoms with E-state index >= 15 is 0 Å². The van der Waals surface area contributed by atoms with Crippen molar-refractivity contribution >= 4 is 35.5 Å². The molecule has 0 radical (unpaired) electrons. The van der Waals surface area contributed by atoms with E-state index in [0.717, 1.165) is 11.1 Å². The molecule has 12 heteroatoms. The van der Waals surface area contributed by atoms with E-state index in [4.69, 9.17) is 5.73 Å². The number of carbonyl (C=O) groups is 4. The minimum Gasteiger partial charge on any atom is -0.480 e. The molecule has 0 saturated heterocycles. The quantitative estimate of drug-likeness (QED) is 0.146. The highest BCUT2D eigenvalue weighted by Gasteiger charge is 2.30. The summed E-state index contributed by atoms with van der Waals surface area (Å²) in [6, 6.07) is 14.0. The topological polar surface area (TPSA) is 179 Å². The predicted octanol–water partition coefficient (Wildman–Crippen LogP) is 1.06. The first kappa shape index (κ1) is 31.4. The summed E-state index contributed by atoms with van der Waals surface area (Å²) in [6.45, 7) is 0. The van der Waals surface area contributed by atoms with Crippen LogP contribution in [0.15, 0.2) is 73.2 Å². The van der Waals surface area contributed by atoms with E-state index in [2.05, 4.69) is 25.9 Å². The number of carboxylic acid groups (broad SMARTS) is 1. The van der Waals surface area contributed by atoms with Crippen LogP contribution in [0.3, 0.4) is 0 Å². The van der Waals surface area contributed by atoms with Crippen LogP contribution in [-0.4, -0.2) is 74.9 Å². The number of carboxylic acids is 1.